The third-order valence-electron chi connectivity index (χ3n) is 5.64. The Hall–Kier alpha value is -3.91. The molecule has 0 aliphatic carbocycles. The Morgan fingerprint density at radius 1 is 1.06 bits per heavy atom. The number of benzene rings is 1. The number of thiazole rings is 1. The predicted molar refractivity (Wildman–Crippen MR) is 127 cm³/mol. The first-order valence-corrected chi connectivity index (χ1v) is 11.3. The number of Topliss-reactive ketones (excluding diaryl/α,β-unsaturated/α-hetero) is 1. The van der Waals surface area contributed by atoms with E-state index >= 15 is 0 Å². The number of rotatable bonds is 4. The first kappa shape index (κ1) is 21.0. The Balaban J connectivity index is 1.70. The number of pyridine rings is 2. The second-order valence-electron chi connectivity index (χ2n) is 8.04. The summed E-state index contributed by atoms with van der Waals surface area (Å²) >= 11 is 1.34. The van der Waals surface area contributed by atoms with E-state index in [0.717, 1.165) is 10.2 Å². The normalized spacial score (nSPS) is 17.9. The molecule has 1 N–H and O–H groups in total. The summed E-state index contributed by atoms with van der Waals surface area (Å²) in [5.41, 5.74) is 2.75. The molecule has 4 aromatic rings. The number of aliphatic hydroxyl groups excluding tert-OH is 1. The molecule has 0 saturated carbocycles. The Bertz CT molecular complexity index is 1400. The van der Waals surface area contributed by atoms with Crippen molar-refractivity contribution in [3.05, 3.63) is 89.5 Å². The second kappa shape index (κ2) is 8.22. The highest BCUT2D eigenvalue weighted by Gasteiger charge is 2.48. The molecule has 1 aliphatic heterocycles. The largest absolute Gasteiger partial charge is 0.507 e. The van der Waals surface area contributed by atoms with Crippen LogP contribution >= 0.6 is 11.3 Å². The van der Waals surface area contributed by atoms with Crippen molar-refractivity contribution in [3.8, 4) is 0 Å². The van der Waals surface area contributed by atoms with E-state index in [4.69, 9.17) is 0 Å². The Kier molecular flexibility index (Phi) is 5.22. The number of carbonyl (C=O) groups excluding carboxylic acids is 2. The van der Waals surface area contributed by atoms with E-state index < -0.39 is 17.7 Å². The molecule has 33 heavy (non-hydrogen) atoms. The molecular formula is C25H20N4O3S. The maximum atomic E-state index is 13.2. The van der Waals surface area contributed by atoms with Crippen LogP contribution in [0.2, 0.25) is 0 Å². The number of aliphatic hydroxyl groups is 1. The van der Waals surface area contributed by atoms with Gasteiger partial charge in [-0.2, -0.15) is 0 Å². The maximum absolute atomic E-state index is 13.2. The zero-order valence-corrected chi connectivity index (χ0v) is 18.8. The van der Waals surface area contributed by atoms with Crippen LogP contribution in [0.4, 0.5) is 5.13 Å². The fraction of sp³-hybridized carbons (Fsp3) is 0.160. The lowest BCUT2D eigenvalue weighted by Gasteiger charge is -2.21. The summed E-state index contributed by atoms with van der Waals surface area (Å²) in [4.78, 5) is 40.8. The zero-order valence-electron chi connectivity index (χ0n) is 18.0. The SMILES string of the molecule is CC(C)c1ccc2nc(N3C(=O)C(=O)/C(=C(/O)c4ccncc4)C3c3ccccn3)sc2c1. The van der Waals surface area contributed by atoms with Gasteiger partial charge in [0.15, 0.2) is 5.13 Å². The standard InChI is InChI=1S/C25H20N4O3S/c1-14(2)16-6-7-17-19(13-16)33-25(28-17)29-21(18-5-3-4-10-27-18)20(23(31)24(29)32)22(30)15-8-11-26-12-9-15/h3-14,21,30H,1-2H3/b22-20+. The molecule has 1 aliphatic rings. The van der Waals surface area contributed by atoms with Crippen molar-refractivity contribution in [2.75, 3.05) is 4.90 Å². The van der Waals surface area contributed by atoms with E-state index in [1.165, 1.54) is 34.2 Å². The number of fused-ring (bicyclic) bond motifs is 1. The van der Waals surface area contributed by atoms with Crippen molar-refractivity contribution < 1.29 is 14.7 Å². The van der Waals surface area contributed by atoms with Gasteiger partial charge in [0, 0.05) is 24.2 Å². The highest BCUT2D eigenvalue weighted by molar-refractivity contribution is 7.22. The van der Waals surface area contributed by atoms with Crippen LogP contribution in [0, 0.1) is 0 Å². The summed E-state index contributed by atoms with van der Waals surface area (Å²) < 4.78 is 0.923. The molecule has 0 spiro atoms. The van der Waals surface area contributed by atoms with Crippen LogP contribution < -0.4 is 4.90 Å². The molecular weight excluding hydrogens is 436 g/mol. The van der Waals surface area contributed by atoms with Crippen molar-refractivity contribution in [2.45, 2.75) is 25.8 Å². The molecule has 0 bridgehead atoms. The lowest BCUT2D eigenvalue weighted by Crippen LogP contribution is -2.29. The maximum Gasteiger partial charge on any atom is 0.301 e. The van der Waals surface area contributed by atoms with Gasteiger partial charge >= 0.3 is 5.91 Å². The highest BCUT2D eigenvalue weighted by Crippen LogP contribution is 2.43. The highest BCUT2D eigenvalue weighted by atomic mass is 32.1. The third-order valence-corrected chi connectivity index (χ3v) is 6.66. The lowest BCUT2D eigenvalue weighted by atomic mass is 9.99. The molecule has 1 unspecified atom stereocenters. The molecule has 1 saturated heterocycles. The topological polar surface area (TPSA) is 96.3 Å². The van der Waals surface area contributed by atoms with E-state index in [1.807, 2.05) is 12.1 Å². The van der Waals surface area contributed by atoms with Gasteiger partial charge < -0.3 is 5.11 Å². The van der Waals surface area contributed by atoms with Gasteiger partial charge in [0.05, 0.1) is 21.5 Å². The molecule has 1 amide bonds. The number of ketones is 1. The van der Waals surface area contributed by atoms with Crippen molar-refractivity contribution in [3.63, 3.8) is 0 Å². The van der Waals surface area contributed by atoms with Gasteiger partial charge in [0.1, 0.15) is 11.8 Å². The van der Waals surface area contributed by atoms with Crippen molar-refractivity contribution in [1.82, 2.24) is 15.0 Å². The minimum atomic E-state index is -0.899. The van der Waals surface area contributed by atoms with Gasteiger partial charge in [-0.05, 0) is 47.9 Å². The van der Waals surface area contributed by atoms with Crippen LogP contribution in [0.1, 0.15) is 42.6 Å². The van der Waals surface area contributed by atoms with Gasteiger partial charge in [-0.3, -0.25) is 24.5 Å². The molecule has 164 valence electrons. The third kappa shape index (κ3) is 3.58. The smallest absolute Gasteiger partial charge is 0.301 e. The minimum Gasteiger partial charge on any atom is -0.507 e. The number of amides is 1. The minimum absolute atomic E-state index is 0.0213. The van der Waals surface area contributed by atoms with Crippen LogP contribution in [0.15, 0.2) is 72.7 Å². The van der Waals surface area contributed by atoms with Crippen LogP contribution in [0.5, 0.6) is 0 Å². The molecule has 3 aromatic heterocycles. The molecule has 8 heteroatoms. The fourth-order valence-electron chi connectivity index (χ4n) is 3.90. The molecule has 1 aromatic carbocycles. The molecule has 0 radical (unpaired) electrons. The average Bonchev–Trinajstić information content (AvgIpc) is 3.37. The van der Waals surface area contributed by atoms with Crippen LogP contribution in [0.25, 0.3) is 16.0 Å². The van der Waals surface area contributed by atoms with Gasteiger partial charge in [-0.25, -0.2) is 4.98 Å². The van der Waals surface area contributed by atoms with E-state index in [9.17, 15) is 14.7 Å². The van der Waals surface area contributed by atoms with Crippen molar-refractivity contribution in [2.24, 2.45) is 0 Å². The summed E-state index contributed by atoms with van der Waals surface area (Å²) in [5, 5.41) is 11.4. The fourth-order valence-corrected chi connectivity index (χ4v) is 4.94. The molecule has 5 rings (SSSR count). The Labute approximate surface area is 194 Å². The second-order valence-corrected chi connectivity index (χ2v) is 9.05. The first-order valence-electron chi connectivity index (χ1n) is 10.5. The number of hydrogen-bond donors (Lipinski definition) is 1. The molecule has 1 atom stereocenters. The predicted octanol–water partition coefficient (Wildman–Crippen LogP) is 4.84. The van der Waals surface area contributed by atoms with E-state index in [2.05, 4.69) is 34.9 Å². The molecule has 1 fully saturated rings. The molecule has 4 heterocycles. The average molecular weight is 457 g/mol. The van der Waals surface area contributed by atoms with E-state index in [-0.39, 0.29) is 11.3 Å². The van der Waals surface area contributed by atoms with Gasteiger partial charge in [0.25, 0.3) is 5.78 Å². The van der Waals surface area contributed by atoms with Crippen molar-refractivity contribution >= 4 is 44.1 Å². The monoisotopic (exact) mass is 456 g/mol. The van der Waals surface area contributed by atoms with Crippen LogP contribution in [-0.2, 0) is 9.59 Å². The van der Waals surface area contributed by atoms with E-state index in [1.54, 1.807) is 36.5 Å². The van der Waals surface area contributed by atoms with Gasteiger partial charge in [-0.1, -0.05) is 37.3 Å². The van der Waals surface area contributed by atoms with Crippen molar-refractivity contribution in [1.29, 1.82) is 0 Å². The number of nitrogens with zero attached hydrogens (tertiary/aromatic N) is 4. The summed E-state index contributed by atoms with van der Waals surface area (Å²) in [7, 11) is 0. The summed E-state index contributed by atoms with van der Waals surface area (Å²) in [6, 6.07) is 13.5. The van der Waals surface area contributed by atoms with Crippen LogP contribution in [-0.4, -0.2) is 31.7 Å². The summed E-state index contributed by atoms with van der Waals surface area (Å²) in [6.45, 7) is 4.23. The summed E-state index contributed by atoms with van der Waals surface area (Å²) in [6.07, 6.45) is 4.62. The Morgan fingerprint density at radius 3 is 2.55 bits per heavy atom. The first-order chi connectivity index (χ1) is 16.0. The molecule has 7 nitrogen and oxygen atoms in total. The lowest BCUT2D eigenvalue weighted by molar-refractivity contribution is -0.132. The summed E-state index contributed by atoms with van der Waals surface area (Å²) in [5.74, 6) is -1.44. The number of hydrogen-bond acceptors (Lipinski definition) is 7. The Morgan fingerprint density at radius 2 is 1.85 bits per heavy atom. The van der Waals surface area contributed by atoms with Gasteiger partial charge in [0.2, 0.25) is 0 Å². The number of carbonyl (C=O) groups is 2. The quantitative estimate of drug-likeness (QED) is 0.268. The van der Waals surface area contributed by atoms with Gasteiger partial charge in [-0.15, -0.1) is 0 Å². The zero-order chi connectivity index (χ0) is 23.1. The van der Waals surface area contributed by atoms with Crippen LogP contribution in [0.3, 0.4) is 0 Å². The number of anilines is 1. The van der Waals surface area contributed by atoms with E-state index in [0.29, 0.717) is 22.3 Å². The number of aromatic nitrogens is 3.